The van der Waals surface area contributed by atoms with Crippen LogP contribution in [-0.2, 0) is 4.79 Å². The summed E-state index contributed by atoms with van der Waals surface area (Å²) in [5.41, 5.74) is 2.20. The monoisotopic (exact) mass is 371 g/mol. The first-order valence-electron chi connectivity index (χ1n) is 9.19. The van der Waals surface area contributed by atoms with Crippen LogP contribution in [0.4, 0.5) is 0 Å². The Morgan fingerprint density at radius 1 is 1.00 bits per heavy atom. The molecule has 0 aliphatic rings. The van der Waals surface area contributed by atoms with Gasteiger partial charge in [0.05, 0.1) is 13.2 Å². The number of nitrogens with one attached hydrogen (secondary N) is 1. The van der Waals surface area contributed by atoms with Crippen LogP contribution in [0.3, 0.4) is 0 Å². The molecule has 1 N–H and O–H groups in total. The van der Waals surface area contributed by atoms with Gasteiger partial charge in [-0.1, -0.05) is 38.1 Å². The van der Waals surface area contributed by atoms with Crippen LogP contribution in [0, 0.1) is 6.92 Å². The number of carbonyl (C=O) groups excluding carboxylic acids is 1. The Hall–Kier alpha value is -2.69. The number of rotatable bonds is 9. The molecule has 0 aliphatic heterocycles. The number of hydrogen-bond donors (Lipinski definition) is 1. The molecule has 1 atom stereocenters. The number of ether oxygens (including phenoxy) is 3. The predicted molar refractivity (Wildman–Crippen MR) is 107 cm³/mol. The largest absolute Gasteiger partial charge is 0.493 e. The summed E-state index contributed by atoms with van der Waals surface area (Å²) in [6.45, 7) is 8.42. The molecule has 27 heavy (non-hydrogen) atoms. The van der Waals surface area contributed by atoms with E-state index in [0.717, 1.165) is 16.9 Å². The lowest BCUT2D eigenvalue weighted by Crippen LogP contribution is -2.39. The van der Waals surface area contributed by atoms with Crippen molar-refractivity contribution in [3.8, 4) is 17.2 Å². The maximum Gasteiger partial charge on any atom is 0.258 e. The molecular formula is C22H29NO4. The molecule has 0 heterocycles. The fourth-order valence-corrected chi connectivity index (χ4v) is 2.70. The number of methoxy groups -OCH3 is 1. The third kappa shape index (κ3) is 6.20. The highest BCUT2D eigenvalue weighted by Crippen LogP contribution is 2.27. The van der Waals surface area contributed by atoms with Gasteiger partial charge in [0.25, 0.3) is 5.91 Å². The van der Waals surface area contributed by atoms with E-state index in [1.165, 1.54) is 0 Å². The van der Waals surface area contributed by atoms with Gasteiger partial charge >= 0.3 is 0 Å². The molecule has 1 amide bonds. The molecule has 2 aromatic carbocycles. The van der Waals surface area contributed by atoms with Crippen molar-refractivity contribution >= 4 is 5.91 Å². The number of aryl methyl sites for hydroxylation is 1. The molecule has 0 aromatic heterocycles. The van der Waals surface area contributed by atoms with E-state index < -0.39 is 0 Å². The van der Waals surface area contributed by atoms with Gasteiger partial charge in [-0.05, 0) is 49.1 Å². The molecule has 0 saturated heterocycles. The van der Waals surface area contributed by atoms with Crippen molar-refractivity contribution in [1.82, 2.24) is 5.32 Å². The van der Waals surface area contributed by atoms with Gasteiger partial charge in [-0.15, -0.1) is 0 Å². The second-order valence-corrected chi connectivity index (χ2v) is 6.92. The normalized spacial score (nSPS) is 11.8. The molecule has 0 radical (unpaired) electrons. The first-order chi connectivity index (χ1) is 12.9. The Labute approximate surface area is 161 Å². The van der Waals surface area contributed by atoms with Crippen molar-refractivity contribution in [2.24, 2.45) is 0 Å². The van der Waals surface area contributed by atoms with E-state index in [4.69, 9.17) is 14.2 Å². The summed E-state index contributed by atoms with van der Waals surface area (Å²) in [6, 6.07) is 13.3. The van der Waals surface area contributed by atoms with Crippen LogP contribution in [0.25, 0.3) is 0 Å². The van der Waals surface area contributed by atoms with E-state index in [1.54, 1.807) is 7.11 Å². The summed E-state index contributed by atoms with van der Waals surface area (Å²) >= 11 is 0. The van der Waals surface area contributed by atoms with Crippen LogP contribution in [0.15, 0.2) is 42.5 Å². The zero-order valence-corrected chi connectivity index (χ0v) is 16.7. The van der Waals surface area contributed by atoms with Gasteiger partial charge in [-0.2, -0.15) is 0 Å². The van der Waals surface area contributed by atoms with Crippen molar-refractivity contribution in [2.45, 2.75) is 39.7 Å². The van der Waals surface area contributed by atoms with Gasteiger partial charge in [0.15, 0.2) is 18.1 Å². The van der Waals surface area contributed by atoms with Gasteiger partial charge < -0.3 is 19.5 Å². The quantitative estimate of drug-likeness (QED) is 0.721. The third-order valence-electron chi connectivity index (χ3n) is 4.12. The summed E-state index contributed by atoms with van der Waals surface area (Å²) in [6.07, 6.45) is 0. The maximum atomic E-state index is 12.2. The number of para-hydroxylation sites is 2. The van der Waals surface area contributed by atoms with Gasteiger partial charge in [0, 0.05) is 0 Å². The lowest BCUT2D eigenvalue weighted by Gasteiger charge is -2.18. The molecule has 0 fully saturated rings. The Bertz CT molecular complexity index is 758. The molecule has 5 nitrogen and oxygen atoms in total. The standard InChI is InChI=1S/C22H29NO4/c1-15(2)18-11-10-16(3)12-21(18)27-14-22(24)23-17(4)13-26-20-9-7-6-8-19(20)25-5/h6-12,15,17H,13-14H2,1-5H3,(H,23,24)/t17-/m0/s1. The summed E-state index contributed by atoms with van der Waals surface area (Å²) < 4.78 is 16.8. The zero-order valence-electron chi connectivity index (χ0n) is 16.7. The predicted octanol–water partition coefficient (Wildman–Crippen LogP) is 4.09. The second-order valence-electron chi connectivity index (χ2n) is 6.92. The summed E-state index contributed by atoms with van der Waals surface area (Å²) in [5.74, 6) is 2.23. The minimum Gasteiger partial charge on any atom is -0.493 e. The molecule has 0 unspecified atom stereocenters. The highest BCUT2D eigenvalue weighted by Gasteiger charge is 2.13. The first kappa shape index (κ1) is 20.6. The maximum absolute atomic E-state index is 12.2. The number of carbonyl (C=O) groups is 1. The first-order valence-corrected chi connectivity index (χ1v) is 9.19. The second kappa shape index (κ2) is 9.86. The topological polar surface area (TPSA) is 56.8 Å². The Morgan fingerprint density at radius 2 is 1.70 bits per heavy atom. The molecule has 146 valence electrons. The van der Waals surface area contributed by atoms with Gasteiger partial charge in [-0.3, -0.25) is 4.79 Å². The van der Waals surface area contributed by atoms with Crippen molar-refractivity contribution in [1.29, 1.82) is 0 Å². The fourth-order valence-electron chi connectivity index (χ4n) is 2.70. The van der Waals surface area contributed by atoms with Crippen LogP contribution < -0.4 is 19.5 Å². The zero-order chi connectivity index (χ0) is 19.8. The number of amides is 1. The molecule has 0 saturated carbocycles. The number of benzene rings is 2. The van der Waals surface area contributed by atoms with Gasteiger partial charge in [-0.25, -0.2) is 0 Å². The van der Waals surface area contributed by atoms with Crippen LogP contribution in [0.5, 0.6) is 17.2 Å². The Morgan fingerprint density at radius 3 is 2.37 bits per heavy atom. The minimum atomic E-state index is -0.178. The van der Waals surface area contributed by atoms with E-state index in [0.29, 0.717) is 24.0 Å². The molecule has 5 heteroatoms. The lowest BCUT2D eigenvalue weighted by molar-refractivity contribution is -0.123. The molecule has 0 spiro atoms. The highest BCUT2D eigenvalue weighted by atomic mass is 16.5. The lowest BCUT2D eigenvalue weighted by atomic mass is 10.0. The van der Waals surface area contributed by atoms with E-state index in [9.17, 15) is 4.79 Å². The average molecular weight is 371 g/mol. The summed E-state index contributed by atoms with van der Waals surface area (Å²) in [4.78, 5) is 12.2. The van der Waals surface area contributed by atoms with E-state index in [1.807, 2.05) is 44.2 Å². The molecule has 2 rings (SSSR count). The molecule has 0 bridgehead atoms. The smallest absolute Gasteiger partial charge is 0.258 e. The van der Waals surface area contributed by atoms with Crippen LogP contribution in [0.1, 0.15) is 37.8 Å². The van der Waals surface area contributed by atoms with Gasteiger partial charge in [0.1, 0.15) is 12.4 Å². The van der Waals surface area contributed by atoms with Crippen molar-refractivity contribution in [2.75, 3.05) is 20.3 Å². The Kier molecular flexibility index (Phi) is 7.53. The van der Waals surface area contributed by atoms with E-state index in [2.05, 4.69) is 31.3 Å². The van der Waals surface area contributed by atoms with Crippen LogP contribution in [-0.4, -0.2) is 32.3 Å². The van der Waals surface area contributed by atoms with Crippen molar-refractivity contribution < 1.29 is 19.0 Å². The highest BCUT2D eigenvalue weighted by molar-refractivity contribution is 5.77. The van der Waals surface area contributed by atoms with Crippen molar-refractivity contribution in [3.63, 3.8) is 0 Å². The Balaban J connectivity index is 1.84. The summed E-state index contributed by atoms with van der Waals surface area (Å²) in [7, 11) is 1.60. The van der Waals surface area contributed by atoms with Crippen molar-refractivity contribution in [3.05, 3.63) is 53.6 Å². The fraction of sp³-hybridized carbons (Fsp3) is 0.409. The van der Waals surface area contributed by atoms with Crippen LogP contribution in [0.2, 0.25) is 0 Å². The molecule has 2 aromatic rings. The minimum absolute atomic E-state index is 0.0256. The van der Waals surface area contributed by atoms with Crippen LogP contribution >= 0.6 is 0 Å². The third-order valence-corrected chi connectivity index (χ3v) is 4.12. The average Bonchev–Trinajstić information content (AvgIpc) is 2.64. The van der Waals surface area contributed by atoms with Gasteiger partial charge in [0.2, 0.25) is 0 Å². The van der Waals surface area contributed by atoms with E-state index >= 15 is 0 Å². The summed E-state index contributed by atoms with van der Waals surface area (Å²) in [5, 5.41) is 2.89. The number of hydrogen-bond acceptors (Lipinski definition) is 4. The molecular weight excluding hydrogens is 342 g/mol. The molecule has 0 aliphatic carbocycles. The SMILES string of the molecule is COc1ccccc1OC[C@H](C)NC(=O)COc1cc(C)ccc1C(C)C. The van der Waals surface area contributed by atoms with E-state index in [-0.39, 0.29) is 18.6 Å².